The molecule has 0 saturated heterocycles. The van der Waals surface area contributed by atoms with Crippen molar-refractivity contribution >= 4 is 17.7 Å². The molecule has 2 nitrogen and oxygen atoms in total. The molecule has 1 rings (SSSR count). The fourth-order valence-corrected chi connectivity index (χ4v) is 3.56. The molecule has 1 aliphatic rings. The summed E-state index contributed by atoms with van der Waals surface area (Å²) in [5.41, 5.74) is 0. The average Bonchev–Trinajstić information content (AvgIpc) is 2.45. The molecule has 0 bridgehead atoms. The van der Waals surface area contributed by atoms with E-state index in [9.17, 15) is 4.79 Å². The first-order valence-electron chi connectivity index (χ1n) is 8.07. The van der Waals surface area contributed by atoms with E-state index >= 15 is 0 Å². The van der Waals surface area contributed by atoms with Crippen molar-refractivity contribution in [3.63, 3.8) is 0 Å². The van der Waals surface area contributed by atoms with Gasteiger partial charge in [-0.25, -0.2) is 0 Å². The van der Waals surface area contributed by atoms with Gasteiger partial charge in [0.15, 0.2) is 0 Å². The lowest BCUT2D eigenvalue weighted by Crippen LogP contribution is -2.10. The van der Waals surface area contributed by atoms with Crippen molar-refractivity contribution in [3.05, 3.63) is 36.5 Å². The summed E-state index contributed by atoms with van der Waals surface area (Å²) in [7, 11) is 0. The molecule has 1 N–H and O–H groups in total. The smallest absolute Gasteiger partial charge is 0.304 e. The number of aliphatic carboxylic acids is 1. The highest BCUT2D eigenvalue weighted by Crippen LogP contribution is 2.22. The van der Waals surface area contributed by atoms with Crippen LogP contribution in [0.3, 0.4) is 0 Å². The van der Waals surface area contributed by atoms with Gasteiger partial charge >= 0.3 is 5.97 Å². The van der Waals surface area contributed by atoms with Crippen LogP contribution in [0.15, 0.2) is 36.5 Å². The van der Waals surface area contributed by atoms with Crippen LogP contribution in [0.1, 0.15) is 57.8 Å². The van der Waals surface area contributed by atoms with Crippen LogP contribution < -0.4 is 0 Å². The Labute approximate surface area is 133 Å². The van der Waals surface area contributed by atoms with E-state index in [0.717, 1.165) is 37.9 Å². The van der Waals surface area contributed by atoms with Crippen molar-refractivity contribution < 1.29 is 9.90 Å². The number of rotatable bonds is 2. The lowest BCUT2D eigenvalue weighted by molar-refractivity contribution is -0.137. The van der Waals surface area contributed by atoms with Crippen LogP contribution in [-0.4, -0.2) is 22.1 Å². The van der Waals surface area contributed by atoms with Gasteiger partial charge in [-0.15, -0.1) is 0 Å². The second-order valence-corrected chi connectivity index (χ2v) is 6.81. The Balaban J connectivity index is 2.42. The zero-order valence-corrected chi connectivity index (χ0v) is 13.7. The Morgan fingerprint density at radius 3 is 2.33 bits per heavy atom. The van der Waals surface area contributed by atoms with E-state index in [1.165, 1.54) is 19.3 Å². The summed E-state index contributed by atoms with van der Waals surface area (Å²) in [6.07, 6.45) is 22.4. The quantitative estimate of drug-likeness (QED) is 0.697. The van der Waals surface area contributed by atoms with Gasteiger partial charge in [-0.2, -0.15) is 11.8 Å². The van der Waals surface area contributed by atoms with Crippen LogP contribution in [0.5, 0.6) is 0 Å². The molecule has 0 radical (unpaired) electrons. The average molecular weight is 308 g/mol. The lowest BCUT2D eigenvalue weighted by Gasteiger charge is -2.13. The summed E-state index contributed by atoms with van der Waals surface area (Å²) in [6, 6.07) is 0. The zero-order valence-electron chi connectivity index (χ0n) is 12.9. The molecule has 0 aromatic rings. The van der Waals surface area contributed by atoms with Gasteiger partial charge in [0.1, 0.15) is 0 Å². The van der Waals surface area contributed by atoms with Crippen molar-refractivity contribution in [1.29, 1.82) is 0 Å². The number of carboxylic acid groups (broad SMARTS) is 1. The molecule has 0 aromatic heterocycles. The fourth-order valence-electron chi connectivity index (χ4n) is 2.29. The van der Waals surface area contributed by atoms with Crippen molar-refractivity contribution in [2.24, 2.45) is 0 Å². The molecule has 0 spiro atoms. The number of carbonyl (C=O) groups is 1. The van der Waals surface area contributed by atoms with Crippen LogP contribution in [-0.2, 0) is 4.79 Å². The monoisotopic (exact) mass is 308 g/mol. The van der Waals surface area contributed by atoms with Crippen LogP contribution in [0.2, 0.25) is 0 Å². The second-order valence-electron chi connectivity index (χ2n) is 5.40. The maximum atomic E-state index is 10.9. The van der Waals surface area contributed by atoms with E-state index < -0.39 is 5.97 Å². The lowest BCUT2D eigenvalue weighted by atomic mass is 10.1. The number of hydrogen-bond acceptors (Lipinski definition) is 2. The van der Waals surface area contributed by atoms with E-state index in [4.69, 9.17) is 5.11 Å². The molecular formula is C18H28O2S. The molecule has 1 atom stereocenters. The SMILES string of the molecule is O=C(O)CC1CC/C=C/C/C=C/C/C=C/CCCCCS1. The highest BCUT2D eigenvalue weighted by molar-refractivity contribution is 7.99. The van der Waals surface area contributed by atoms with Crippen LogP contribution >= 0.6 is 11.8 Å². The normalized spacial score (nSPS) is 27.3. The first-order valence-corrected chi connectivity index (χ1v) is 9.12. The molecule has 21 heavy (non-hydrogen) atoms. The minimum Gasteiger partial charge on any atom is -0.481 e. The van der Waals surface area contributed by atoms with Crippen molar-refractivity contribution in [2.75, 3.05) is 5.75 Å². The van der Waals surface area contributed by atoms with Crippen molar-refractivity contribution in [1.82, 2.24) is 0 Å². The van der Waals surface area contributed by atoms with Gasteiger partial charge in [0.2, 0.25) is 0 Å². The minimum atomic E-state index is -0.671. The zero-order chi connectivity index (χ0) is 15.2. The van der Waals surface area contributed by atoms with Crippen LogP contribution in [0.4, 0.5) is 0 Å². The highest BCUT2D eigenvalue weighted by atomic mass is 32.2. The summed E-state index contributed by atoms with van der Waals surface area (Å²) in [5.74, 6) is 0.419. The molecule has 118 valence electrons. The Bertz CT molecular complexity index is 358. The van der Waals surface area contributed by atoms with Gasteiger partial charge in [-0.05, 0) is 50.7 Å². The Kier molecular flexibility index (Phi) is 11.0. The van der Waals surface area contributed by atoms with Crippen LogP contribution in [0.25, 0.3) is 0 Å². The molecule has 1 heterocycles. The number of carboxylic acids is 1. The number of hydrogen-bond donors (Lipinski definition) is 1. The first-order chi connectivity index (χ1) is 10.3. The van der Waals surface area contributed by atoms with E-state index in [0.29, 0.717) is 6.42 Å². The van der Waals surface area contributed by atoms with Crippen LogP contribution in [0, 0.1) is 0 Å². The maximum Gasteiger partial charge on any atom is 0.304 e. The standard InChI is InChI=1S/C18H28O2S/c19-18(20)16-17-14-12-10-8-6-4-2-1-3-5-7-9-11-13-15-21-17/h2-5,8,10,17H,1,6-7,9,11-16H2,(H,19,20)/b4-2+,5-3+,10-8+. The van der Waals surface area contributed by atoms with Gasteiger partial charge < -0.3 is 5.11 Å². The molecule has 1 unspecified atom stereocenters. The summed E-state index contributed by atoms with van der Waals surface area (Å²) in [4.78, 5) is 10.9. The predicted molar refractivity (Wildman–Crippen MR) is 92.9 cm³/mol. The third-order valence-electron chi connectivity index (χ3n) is 3.47. The third-order valence-corrected chi connectivity index (χ3v) is 4.87. The topological polar surface area (TPSA) is 37.3 Å². The predicted octanol–water partition coefficient (Wildman–Crippen LogP) is 5.37. The Hall–Kier alpha value is -0.960. The summed E-state index contributed by atoms with van der Waals surface area (Å²) < 4.78 is 0. The number of allylic oxidation sites excluding steroid dienone is 6. The second kappa shape index (κ2) is 12.8. The van der Waals surface area contributed by atoms with Gasteiger partial charge in [-0.1, -0.05) is 42.9 Å². The Morgan fingerprint density at radius 1 is 0.952 bits per heavy atom. The summed E-state index contributed by atoms with van der Waals surface area (Å²) in [5, 5.41) is 9.25. The molecule has 1 aliphatic heterocycles. The molecule has 0 aliphatic carbocycles. The molecule has 3 heteroatoms. The molecular weight excluding hydrogens is 280 g/mol. The van der Waals surface area contributed by atoms with Gasteiger partial charge in [0, 0.05) is 5.25 Å². The molecule has 0 aromatic carbocycles. The van der Waals surface area contributed by atoms with Gasteiger partial charge in [-0.3, -0.25) is 4.79 Å². The highest BCUT2D eigenvalue weighted by Gasteiger charge is 2.12. The van der Waals surface area contributed by atoms with Crippen molar-refractivity contribution in [2.45, 2.75) is 63.0 Å². The summed E-state index contributed by atoms with van der Waals surface area (Å²) >= 11 is 1.84. The molecule has 0 fully saturated rings. The van der Waals surface area contributed by atoms with E-state index in [1.807, 2.05) is 11.8 Å². The maximum absolute atomic E-state index is 10.9. The number of thioether (sulfide) groups is 1. The van der Waals surface area contributed by atoms with E-state index in [1.54, 1.807) is 0 Å². The van der Waals surface area contributed by atoms with Gasteiger partial charge in [0.05, 0.1) is 6.42 Å². The molecule has 0 saturated carbocycles. The third kappa shape index (κ3) is 11.4. The fraction of sp³-hybridized carbons (Fsp3) is 0.611. The molecule has 0 amide bonds. The van der Waals surface area contributed by atoms with Gasteiger partial charge in [0.25, 0.3) is 0 Å². The van der Waals surface area contributed by atoms with E-state index in [-0.39, 0.29) is 5.25 Å². The minimum absolute atomic E-state index is 0.262. The van der Waals surface area contributed by atoms with E-state index in [2.05, 4.69) is 36.5 Å². The largest absolute Gasteiger partial charge is 0.481 e. The first kappa shape index (κ1) is 18.1. The van der Waals surface area contributed by atoms with Crippen molar-refractivity contribution in [3.8, 4) is 0 Å². The summed E-state index contributed by atoms with van der Waals surface area (Å²) in [6.45, 7) is 0. The Morgan fingerprint density at radius 2 is 1.62 bits per heavy atom.